The maximum atomic E-state index is 12.3. The van der Waals surface area contributed by atoms with E-state index in [4.69, 9.17) is 23.2 Å². The van der Waals surface area contributed by atoms with E-state index in [1.54, 1.807) is 23.1 Å². The first-order valence-corrected chi connectivity index (χ1v) is 7.59. The maximum absolute atomic E-state index is 12.3. The van der Waals surface area contributed by atoms with Gasteiger partial charge >= 0.3 is 0 Å². The van der Waals surface area contributed by atoms with Crippen LogP contribution >= 0.6 is 23.2 Å². The lowest BCUT2D eigenvalue weighted by Gasteiger charge is -2.24. The number of carbonyl (C=O) groups excluding carboxylic acids is 2. The molecule has 0 N–H and O–H groups in total. The zero-order chi connectivity index (χ0) is 14.5. The minimum absolute atomic E-state index is 0.0585. The van der Waals surface area contributed by atoms with Crippen LogP contribution in [0.5, 0.6) is 0 Å². The van der Waals surface area contributed by atoms with Gasteiger partial charge in [0, 0.05) is 23.6 Å². The van der Waals surface area contributed by atoms with Gasteiger partial charge in [0.15, 0.2) is 5.78 Å². The molecule has 1 heterocycles. The van der Waals surface area contributed by atoms with Gasteiger partial charge in [-0.3, -0.25) is 9.59 Å². The molecule has 20 heavy (non-hydrogen) atoms. The van der Waals surface area contributed by atoms with E-state index >= 15 is 0 Å². The van der Waals surface area contributed by atoms with Gasteiger partial charge in [0.05, 0.1) is 11.6 Å². The van der Waals surface area contributed by atoms with Crippen LogP contribution in [-0.2, 0) is 4.79 Å². The van der Waals surface area contributed by atoms with Crippen molar-refractivity contribution in [3.8, 4) is 0 Å². The lowest BCUT2D eigenvalue weighted by Crippen LogP contribution is -2.37. The molecule has 0 radical (unpaired) electrons. The summed E-state index contributed by atoms with van der Waals surface area (Å²) in [5.41, 5.74) is 0.422. The first-order valence-electron chi connectivity index (χ1n) is 6.84. The van der Waals surface area contributed by atoms with Crippen LogP contribution in [0.3, 0.4) is 0 Å². The second-order valence-corrected chi connectivity index (χ2v) is 5.87. The van der Waals surface area contributed by atoms with Crippen molar-refractivity contribution in [3.05, 3.63) is 33.8 Å². The summed E-state index contributed by atoms with van der Waals surface area (Å²) in [5.74, 6) is -0.0799. The van der Waals surface area contributed by atoms with Gasteiger partial charge in [-0.2, -0.15) is 0 Å². The molecule has 0 bridgehead atoms. The molecule has 1 saturated heterocycles. The first-order chi connectivity index (χ1) is 9.58. The Morgan fingerprint density at radius 2 is 1.90 bits per heavy atom. The van der Waals surface area contributed by atoms with Crippen LogP contribution in [0.25, 0.3) is 0 Å². The Balaban J connectivity index is 2.07. The van der Waals surface area contributed by atoms with Crippen LogP contribution in [0.2, 0.25) is 10.0 Å². The molecule has 0 saturated carbocycles. The highest BCUT2D eigenvalue weighted by molar-refractivity contribution is 6.36. The predicted octanol–water partition coefficient (Wildman–Crippen LogP) is 3.97. The topological polar surface area (TPSA) is 37.4 Å². The first kappa shape index (κ1) is 15.3. The van der Waals surface area contributed by atoms with Crippen LogP contribution in [0.15, 0.2) is 18.2 Å². The van der Waals surface area contributed by atoms with E-state index < -0.39 is 0 Å². The molecule has 5 heteroatoms. The number of halogens is 2. The van der Waals surface area contributed by atoms with Gasteiger partial charge in [0.25, 0.3) is 0 Å². The molecule has 1 aliphatic heterocycles. The molecule has 1 fully saturated rings. The molecule has 2 rings (SSSR count). The normalized spacial score (nSPS) is 16.7. The molecular formula is C15H17Cl2NO2. The highest BCUT2D eigenvalue weighted by Gasteiger charge is 2.20. The van der Waals surface area contributed by atoms with Gasteiger partial charge < -0.3 is 4.90 Å². The summed E-state index contributed by atoms with van der Waals surface area (Å²) in [6.07, 6.45) is 4.59. The Kier molecular flexibility index (Phi) is 5.44. The van der Waals surface area contributed by atoms with Crippen LogP contribution in [0.4, 0.5) is 0 Å². The number of nitrogens with zero attached hydrogens (tertiary/aromatic N) is 1. The highest BCUT2D eigenvalue weighted by atomic mass is 35.5. The number of likely N-dealkylation sites (tertiary alicyclic amines) is 1. The summed E-state index contributed by atoms with van der Waals surface area (Å²) >= 11 is 11.8. The zero-order valence-electron chi connectivity index (χ0n) is 11.2. The molecule has 0 aliphatic carbocycles. The lowest BCUT2D eigenvalue weighted by molar-refractivity contribution is -0.131. The third kappa shape index (κ3) is 3.97. The number of ketones is 1. The van der Waals surface area contributed by atoms with Gasteiger partial charge in [0.2, 0.25) is 5.91 Å². The standard InChI is InChI=1S/C15H17Cl2NO2/c16-11-6-7-12(13(17)9-11)14(19)10-18-8-4-2-1-3-5-15(18)20/h6-7,9H,1-5,8,10H2. The SMILES string of the molecule is O=C(CN1CCCCCCC1=O)c1ccc(Cl)cc1Cl. The number of hydrogen-bond acceptors (Lipinski definition) is 2. The summed E-state index contributed by atoms with van der Waals surface area (Å²) in [7, 11) is 0. The highest BCUT2D eigenvalue weighted by Crippen LogP contribution is 2.22. The van der Waals surface area contributed by atoms with Gasteiger partial charge in [-0.1, -0.05) is 36.0 Å². The average Bonchev–Trinajstić information content (AvgIpc) is 2.38. The number of rotatable bonds is 3. The molecule has 1 amide bonds. The number of hydrogen-bond donors (Lipinski definition) is 0. The Morgan fingerprint density at radius 3 is 2.65 bits per heavy atom. The molecule has 1 aromatic rings. The van der Waals surface area contributed by atoms with Crippen LogP contribution in [0.1, 0.15) is 42.5 Å². The third-order valence-electron chi connectivity index (χ3n) is 3.49. The number of amides is 1. The van der Waals surface area contributed by atoms with Crippen molar-refractivity contribution in [3.63, 3.8) is 0 Å². The quantitative estimate of drug-likeness (QED) is 0.792. The van der Waals surface area contributed by atoms with Crippen LogP contribution < -0.4 is 0 Å². The van der Waals surface area contributed by atoms with Gasteiger partial charge in [-0.05, 0) is 31.0 Å². The second kappa shape index (κ2) is 7.09. The van der Waals surface area contributed by atoms with Crippen molar-refractivity contribution >= 4 is 34.9 Å². The fraction of sp³-hybridized carbons (Fsp3) is 0.467. The Bertz CT molecular complexity index is 517. The lowest BCUT2D eigenvalue weighted by atomic mass is 10.1. The molecule has 0 spiro atoms. The van der Waals surface area contributed by atoms with Crippen LogP contribution in [0, 0.1) is 0 Å². The molecule has 1 aromatic carbocycles. The molecule has 0 unspecified atom stereocenters. The number of Topliss-reactive ketones (excluding diaryl/α,β-unsaturated/α-hetero) is 1. The van der Waals surface area contributed by atoms with Crippen molar-refractivity contribution in [1.29, 1.82) is 0 Å². The summed E-state index contributed by atoms with van der Waals surface area (Å²) in [6.45, 7) is 0.746. The fourth-order valence-corrected chi connectivity index (χ4v) is 2.87. The predicted molar refractivity (Wildman–Crippen MR) is 80.5 cm³/mol. The Labute approximate surface area is 128 Å². The smallest absolute Gasteiger partial charge is 0.222 e. The van der Waals surface area contributed by atoms with Gasteiger partial charge in [-0.25, -0.2) is 0 Å². The summed E-state index contributed by atoms with van der Waals surface area (Å²) in [6, 6.07) is 4.79. The van der Waals surface area contributed by atoms with Crippen LogP contribution in [-0.4, -0.2) is 29.7 Å². The molecule has 3 nitrogen and oxygen atoms in total. The monoisotopic (exact) mass is 313 g/mol. The van der Waals surface area contributed by atoms with Crippen molar-refractivity contribution in [2.24, 2.45) is 0 Å². The fourth-order valence-electron chi connectivity index (χ4n) is 2.36. The summed E-state index contributed by atoms with van der Waals surface area (Å²) in [4.78, 5) is 25.9. The van der Waals surface area contributed by atoms with E-state index in [1.807, 2.05) is 0 Å². The van der Waals surface area contributed by atoms with Crippen molar-refractivity contribution in [2.45, 2.75) is 32.1 Å². The molecule has 0 atom stereocenters. The summed E-state index contributed by atoms with van der Waals surface area (Å²) in [5, 5.41) is 0.830. The molecule has 108 valence electrons. The summed E-state index contributed by atoms with van der Waals surface area (Å²) < 4.78 is 0. The van der Waals surface area contributed by atoms with E-state index in [1.165, 1.54) is 0 Å². The maximum Gasteiger partial charge on any atom is 0.222 e. The van der Waals surface area contributed by atoms with E-state index in [0.29, 0.717) is 28.6 Å². The largest absolute Gasteiger partial charge is 0.335 e. The minimum atomic E-state index is -0.138. The van der Waals surface area contributed by atoms with Gasteiger partial charge in [-0.15, -0.1) is 0 Å². The van der Waals surface area contributed by atoms with E-state index in [9.17, 15) is 9.59 Å². The minimum Gasteiger partial charge on any atom is -0.335 e. The van der Waals surface area contributed by atoms with Gasteiger partial charge in [0.1, 0.15) is 0 Å². The Hall–Kier alpha value is -1.06. The number of benzene rings is 1. The average molecular weight is 314 g/mol. The van der Waals surface area contributed by atoms with E-state index in [-0.39, 0.29) is 18.2 Å². The Morgan fingerprint density at radius 1 is 1.15 bits per heavy atom. The molecule has 1 aliphatic rings. The van der Waals surface area contributed by atoms with E-state index in [0.717, 1.165) is 25.7 Å². The van der Waals surface area contributed by atoms with Crippen molar-refractivity contribution < 1.29 is 9.59 Å². The third-order valence-corrected chi connectivity index (χ3v) is 4.04. The molecule has 0 aromatic heterocycles. The number of carbonyl (C=O) groups is 2. The molecular weight excluding hydrogens is 297 g/mol. The second-order valence-electron chi connectivity index (χ2n) is 5.03. The zero-order valence-corrected chi connectivity index (χ0v) is 12.7. The van der Waals surface area contributed by atoms with Crippen molar-refractivity contribution in [2.75, 3.05) is 13.1 Å². The van der Waals surface area contributed by atoms with E-state index in [2.05, 4.69) is 0 Å². The van der Waals surface area contributed by atoms with Crippen molar-refractivity contribution in [1.82, 2.24) is 4.90 Å².